The van der Waals surface area contributed by atoms with Gasteiger partial charge >= 0.3 is 0 Å². The lowest BCUT2D eigenvalue weighted by Crippen LogP contribution is -1.98. The third kappa shape index (κ3) is 2.54. The van der Waals surface area contributed by atoms with Crippen LogP contribution in [0.2, 0.25) is 0 Å². The number of aryl methyl sites for hydroxylation is 1. The highest BCUT2D eigenvalue weighted by Crippen LogP contribution is 2.20. The van der Waals surface area contributed by atoms with Gasteiger partial charge < -0.3 is 10.2 Å². The molecule has 13 heavy (non-hydrogen) atoms. The highest BCUT2D eigenvalue weighted by atomic mass is 16.5. The first-order chi connectivity index (χ1) is 6.00. The Bertz CT molecular complexity index is 264. The number of hydrogen-bond acceptors (Lipinski definition) is 2. The molecule has 0 radical (unpaired) electrons. The Morgan fingerprint density at radius 2 is 1.54 bits per heavy atom. The van der Waals surface area contributed by atoms with Crippen molar-refractivity contribution in [1.82, 2.24) is 0 Å². The molecular formula is C11H16O2. The van der Waals surface area contributed by atoms with E-state index in [1.165, 1.54) is 0 Å². The van der Waals surface area contributed by atoms with Gasteiger partial charge in [-0.25, -0.2) is 0 Å². The lowest BCUT2D eigenvalue weighted by Gasteiger charge is -2.11. The molecule has 0 spiro atoms. The van der Waals surface area contributed by atoms with Crippen LogP contribution in [0.3, 0.4) is 0 Å². The predicted molar refractivity (Wildman–Crippen MR) is 52.4 cm³/mol. The Morgan fingerprint density at radius 3 is 2.00 bits per heavy atom. The van der Waals surface area contributed by atoms with Crippen molar-refractivity contribution < 1.29 is 10.2 Å². The fourth-order valence-electron chi connectivity index (χ4n) is 1.33. The van der Waals surface area contributed by atoms with Crippen molar-refractivity contribution in [2.45, 2.75) is 33.0 Å². The van der Waals surface area contributed by atoms with Crippen LogP contribution in [-0.2, 0) is 0 Å². The lowest BCUT2D eigenvalue weighted by molar-refractivity contribution is -0.0425. The Morgan fingerprint density at radius 1 is 1.00 bits per heavy atom. The maximum Gasteiger partial charge on any atom is 0.178 e. The van der Waals surface area contributed by atoms with Gasteiger partial charge in [0, 0.05) is 5.56 Å². The highest BCUT2D eigenvalue weighted by molar-refractivity contribution is 5.31. The molecule has 2 nitrogen and oxygen atoms in total. The highest BCUT2D eigenvalue weighted by Gasteiger charge is 2.06. The van der Waals surface area contributed by atoms with Crippen LogP contribution in [0.15, 0.2) is 18.2 Å². The van der Waals surface area contributed by atoms with Gasteiger partial charge in [0.2, 0.25) is 0 Å². The maximum absolute atomic E-state index is 9.01. The minimum Gasteiger partial charge on any atom is -0.364 e. The van der Waals surface area contributed by atoms with Crippen molar-refractivity contribution in [2.75, 3.05) is 0 Å². The first-order valence-corrected chi connectivity index (χ1v) is 4.48. The van der Waals surface area contributed by atoms with Crippen LogP contribution >= 0.6 is 0 Å². The summed E-state index contributed by atoms with van der Waals surface area (Å²) in [6, 6.07) is 5.69. The minimum atomic E-state index is -1.36. The van der Waals surface area contributed by atoms with E-state index in [1.54, 1.807) is 6.07 Å². The van der Waals surface area contributed by atoms with Crippen molar-refractivity contribution >= 4 is 0 Å². The number of hydrogen-bond donors (Lipinski definition) is 2. The largest absolute Gasteiger partial charge is 0.364 e. The maximum atomic E-state index is 9.01. The summed E-state index contributed by atoms with van der Waals surface area (Å²) >= 11 is 0. The van der Waals surface area contributed by atoms with Crippen molar-refractivity contribution in [3.63, 3.8) is 0 Å². The third-order valence-corrected chi connectivity index (χ3v) is 2.09. The van der Waals surface area contributed by atoms with Gasteiger partial charge in [-0.2, -0.15) is 0 Å². The van der Waals surface area contributed by atoms with Crippen molar-refractivity contribution in [1.29, 1.82) is 0 Å². The van der Waals surface area contributed by atoms with Crippen LogP contribution in [0.5, 0.6) is 0 Å². The van der Waals surface area contributed by atoms with Crippen molar-refractivity contribution in [3.05, 3.63) is 34.9 Å². The summed E-state index contributed by atoms with van der Waals surface area (Å²) in [5, 5.41) is 18.0. The van der Waals surface area contributed by atoms with Crippen LogP contribution < -0.4 is 0 Å². The molecule has 2 N–H and O–H groups in total. The predicted octanol–water partition coefficient (Wildman–Crippen LogP) is 2.10. The van der Waals surface area contributed by atoms with Crippen molar-refractivity contribution in [3.8, 4) is 0 Å². The first kappa shape index (κ1) is 10.2. The van der Waals surface area contributed by atoms with Gasteiger partial charge in [0.15, 0.2) is 6.29 Å². The zero-order valence-corrected chi connectivity index (χ0v) is 8.28. The Kier molecular flexibility index (Phi) is 3.07. The van der Waals surface area contributed by atoms with E-state index in [9.17, 15) is 0 Å². The quantitative estimate of drug-likeness (QED) is 0.684. The standard InChI is InChI=1S/C11H16O2/c1-7(2)9-4-8(3)5-10(6-9)11(12)13/h4-7,11-13H,1-3H3. The molecule has 0 amide bonds. The summed E-state index contributed by atoms with van der Waals surface area (Å²) in [7, 11) is 0. The molecule has 1 aromatic carbocycles. The monoisotopic (exact) mass is 180 g/mol. The lowest BCUT2D eigenvalue weighted by atomic mass is 9.98. The fraction of sp³-hybridized carbons (Fsp3) is 0.455. The Labute approximate surface area is 78.8 Å². The van der Waals surface area contributed by atoms with E-state index < -0.39 is 6.29 Å². The number of aliphatic hydroxyl groups excluding tert-OH is 1. The van der Waals surface area contributed by atoms with Gasteiger partial charge in [-0.1, -0.05) is 37.6 Å². The average Bonchev–Trinajstić information content (AvgIpc) is 2.03. The molecule has 0 saturated heterocycles. The van der Waals surface area contributed by atoms with E-state index in [1.807, 2.05) is 13.0 Å². The molecule has 0 heterocycles. The zero-order valence-electron chi connectivity index (χ0n) is 8.28. The van der Waals surface area contributed by atoms with Gasteiger partial charge in [0.1, 0.15) is 0 Å². The van der Waals surface area contributed by atoms with Gasteiger partial charge in [0.25, 0.3) is 0 Å². The molecule has 0 aliphatic rings. The minimum absolute atomic E-state index is 0.414. The van der Waals surface area contributed by atoms with Crippen LogP contribution in [0.25, 0.3) is 0 Å². The SMILES string of the molecule is Cc1cc(C(C)C)cc(C(O)O)c1. The smallest absolute Gasteiger partial charge is 0.178 e. The van der Waals surface area contributed by atoms with Crippen LogP contribution in [-0.4, -0.2) is 10.2 Å². The van der Waals surface area contributed by atoms with E-state index in [4.69, 9.17) is 10.2 Å². The molecular weight excluding hydrogens is 164 g/mol. The number of rotatable bonds is 2. The first-order valence-electron chi connectivity index (χ1n) is 4.48. The molecule has 72 valence electrons. The average molecular weight is 180 g/mol. The van der Waals surface area contributed by atoms with Gasteiger partial charge in [-0.05, 0) is 18.4 Å². The van der Waals surface area contributed by atoms with E-state index in [-0.39, 0.29) is 0 Å². The molecule has 0 fully saturated rings. The molecule has 0 aliphatic heterocycles. The van der Waals surface area contributed by atoms with Gasteiger partial charge in [-0.3, -0.25) is 0 Å². The molecule has 2 heteroatoms. The van der Waals surface area contributed by atoms with Crippen molar-refractivity contribution in [2.24, 2.45) is 0 Å². The van der Waals surface area contributed by atoms with E-state index in [0.717, 1.165) is 11.1 Å². The summed E-state index contributed by atoms with van der Waals surface area (Å²) in [5.41, 5.74) is 2.78. The Balaban J connectivity index is 3.11. The second-order valence-corrected chi connectivity index (χ2v) is 3.71. The van der Waals surface area contributed by atoms with Gasteiger partial charge in [-0.15, -0.1) is 0 Å². The molecule has 1 rings (SSSR count). The Hall–Kier alpha value is -0.860. The van der Waals surface area contributed by atoms with Crippen LogP contribution in [0, 0.1) is 6.92 Å². The molecule has 0 bridgehead atoms. The van der Waals surface area contributed by atoms with E-state index in [2.05, 4.69) is 19.9 Å². The van der Waals surface area contributed by atoms with Gasteiger partial charge in [0.05, 0.1) is 0 Å². The zero-order chi connectivity index (χ0) is 10.0. The number of aliphatic hydroxyl groups is 2. The van der Waals surface area contributed by atoms with Crippen LogP contribution in [0.4, 0.5) is 0 Å². The van der Waals surface area contributed by atoms with E-state index in [0.29, 0.717) is 11.5 Å². The summed E-state index contributed by atoms with van der Waals surface area (Å²) in [6.45, 7) is 6.13. The van der Waals surface area contributed by atoms with Crippen LogP contribution in [0.1, 0.15) is 42.7 Å². The normalized spacial score (nSPS) is 11.3. The molecule has 0 aromatic heterocycles. The molecule has 0 aliphatic carbocycles. The summed E-state index contributed by atoms with van der Waals surface area (Å²) in [6.07, 6.45) is -1.36. The molecule has 0 saturated carbocycles. The van der Waals surface area contributed by atoms with E-state index >= 15 is 0 Å². The topological polar surface area (TPSA) is 40.5 Å². The summed E-state index contributed by atoms with van der Waals surface area (Å²) in [5.74, 6) is 0.414. The summed E-state index contributed by atoms with van der Waals surface area (Å²) < 4.78 is 0. The molecule has 0 atom stereocenters. The third-order valence-electron chi connectivity index (χ3n) is 2.09. The second-order valence-electron chi connectivity index (χ2n) is 3.71. The molecule has 0 unspecified atom stereocenters. The second kappa shape index (κ2) is 3.90. The number of benzene rings is 1. The molecule has 1 aromatic rings. The summed E-state index contributed by atoms with van der Waals surface area (Å²) in [4.78, 5) is 0. The fourth-order valence-corrected chi connectivity index (χ4v) is 1.33.